The normalized spacial score (nSPS) is 12.3. The number of nitrogens with zero attached hydrogens (tertiary/aromatic N) is 2. The fraction of sp³-hybridized carbons (Fsp3) is 0.148. The average Bonchev–Trinajstić information content (AvgIpc) is 2.87. The molecule has 35 heavy (non-hydrogen) atoms. The number of amides is 2. The zero-order valence-corrected chi connectivity index (χ0v) is 19.9. The van der Waals surface area contributed by atoms with Gasteiger partial charge in [0.25, 0.3) is 11.8 Å². The molecule has 0 saturated heterocycles. The molecule has 0 spiro atoms. The second-order valence-corrected chi connectivity index (χ2v) is 8.69. The van der Waals surface area contributed by atoms with E-state index < -0.39 is 0 Å². The maximum Gasteiger partial charge on any atom is 0.256 e. The molecule has 4 aromatic rings. The molecule has 1 aliphatic rings. The molecule has 0 radical (unpaired) electrons. The molecule has 0 saturated carbocycles. The van der Waals surface area contributed by atoms with Crippen molar-refractivity contribution in [1.82, 2.24) is 9.88 Å². The van der Waals surface area contributed by atoms with Crippen molar-refractivity contribution in [2.45, 2.75) is 0 Å². The molecular weight excluding hydrogens is 466 g/mol. The minimum atomic E-state index is -0.315. The van der Waals surface area contributed by atoms with E-state index in [1.165, 1.54) is 4.90 Å². The monoisotopic (exact) mass is 487 g/mol. The molecule has 176 valence electrons. The molecule has 3 aromatic carbocycles. The van der Waals surface area contributed by atoms with E-state index in [9.17, 15) is 9.59 Å². The van der Waals surface area contributed by atoms with Crippen LogP contribution in [0.25, 0.3) is 22.2 Å². The van der Waals surface area contributed by atoms with Gasteiger partial charge in [-0.25, -0.2) is 4.98 Å². The van der Waals surface area contributed by atoms with Gasteiger partial charge in [-0.3, -0.25) is 9.59 Å². The number of hydrogen-bond donors (Lipinski definition) is 1. The van der Waals surface area contributed by atoms with E-state index in [0.29, 0.717) is 52.7 Å². The van der Waals surface area contributed by atoms with E-state index in [0.717, 1.165) is 10.9 Å². The maximum absolute atomic E-state index is 13.4. The minimum Gasteiger partial charge on any atom is -0.486 e. The van der Waals surface area contributed by atoms with Crippen LogP contribution in [0.15, 0.2) is 66.7 Å². The summed E-state index contributed by atoms with van der Waals surface area (Å²) in [5.41, 5.74) is 3.45. The van der Waals surface area contributed by atoms with Gasteiger partial charge in [-0.2, -0.15) is 0 Å². The number of ether oxygens (including phenoxy) is 2. The number of fused-ring (bicyclic) bond motifs is 2. The second-order valence-electron chi connectivity index (χ2n) is 8.28. The summed E-state index contributed by atoms with van der Waals surface area (Å²) in [6.45, 7) is 0.996. The number of aromatic nitrogens is 1. The van der Waals surface area contributed by atoms with E-state index in [4.69, 9.17) is 26.1 Å². The van der Waals surface area contributed by atoms with Crippen LogP contribution in [0.4, 0.5) is 5.69 Å². The predicted molar refractivity (Wildman–Crippen MR) is 136 cm³/mol. The van der Waals surface area contributed by atoms with Crippen molar-refractivity contribution in [1.29, 1.82) is 0 Å². The lowest BCUT2D eigenvalue weighted by molar-refractivity contribution is 0.0827. The highest BCUT2D eigenvalue weighted by Gasteiger charge is 2.18. The first-order chi connectivity index (χ1) is 16.9. The molecule has 0 fully saturated rings. The van der Waals surface area contributed by atoms with Crippen LogP contribution in [-0.4, -0.2) is 49.0 Å². The quantitative estimate of drug-likeness (QED) is 0.423. The Bertz CT molecular complexity index is 1470. The minimum absolute atomic E-state index is 0.211. The number of carbonyl (C=O) groups is 2. The molecule has 2 heterocycles. The number of rotatable bonds is 4. The van der Waals surface area contributed by atoms with E-state index in [1.54, 1.807) is 38.4 Å². The van der Waals surface area contributed by atoms with Crippen molar-refractivity contribution in [2.24, 2.45) is 0 Å². The topological polar surface area (TPSA) is 80.8 Å². The van der Waals surface area contributed by atoms with Gasteiger partial charge in [0.2, 0.25) is 0 Å². The summed E-state index contributed by atoms with van der Waals surface area (Å²) in [7, 11) is 3.31. The first kappa shape index (κ1) is 22.7. The number of halogens is 1. The Morgan fingerprint density at radius 3 is 2.46 bits per heavy atom. The summed E-state index contributed by atoms with van der Waals surface area (Å²) >= 11 is 6.33. The summed E-state index contributed by atoms with van der Waals surface area (Å²) in [6.07, 6.45) is 0. The van der Waals surface area contributed by atoms with Crippen LogP contribution in [0.3, 0.4) is 0 Å². The third-order valence-corrected chi connectivity index (χ3v) is 5.97. The van der Waals surface area contributed by atoms with E-state index in [-0.39, 0.29) is 16.8 Å². The third kappa shape index (κ3) is 4.50. The molecule has 5 rings (SSSR count). The lowest BCUT2D eigenvalue weighted by Gasteiger charge is -2.19. The summed E-state index contributed by atoms with van der Waals surface area (Å²) in [6, 6.07) is 19.7. The molecule has 0 aliphatic carbocycles. The summed E-state index contributed by atoms with van der Waals surface area (Å²) in [5, 5.41) is 3.88. The Labute approximate surface area is 207 Å². The van der Waals surface area contributed by atoms with Gasteiger partial charge in [0, 0.05) is 30.7 Å². The highest BCUT2D eigenvalue weighted by Crippen LogP contribution is 2.35. The smallest absolute Gasteiger partial charge is 0.256 e. The SMILES string of the molecule is CN(C)C(=O)c1ccc(NC(=O)c2cc(-c3ccc4c(c3)OCCO4)nc3ccccc23)cc1Cl. The van der Waals surface area contributed by atoms with Crippen LogP contribution in [0.1, 0.15) is 20.7 Å². The number of carbonyl (C=O) groups excluding carboxylic acids is 2. The lowest BCUT2D eigenvalue weighted by atomic mass is 10.0. The van der Waals surface area contributed by atoms with E-state index in [1.807, 2.05) is 42.5 Å². The van der Waals surface area contributed by atoms with Crippen LogP contribution in [0.5, 0.6) is 11.5 Å². The number of hydrogen-bond acceptors (Lipinski definition) is 5. The summed E-state index contributed by atoms with van der Waals surface area (Å²) in [4.78, 5) is 31.9. The van der Waals surface area contributed by atoms with E-state index in [2.05, 4.69) is 5.32 Å². The van der Waals surface area contributed by atoms with Gasteiger partial charge in [-0.05, 0) is 48.5 Å². The molecule has 0 bridgehead atoms. The molecule has 2 amide bonds. The van der Waals surface area contributed by atoms with Crippen LogP contribution in [-0.2, 0) is 0 Å². The Balaban J connectivity index is 1.51. The molecule has 0 unspecified atom stereocenters. The summed E-state index contributed by atoms with van der Waals surface area (Å²) in [5.74, 6) is 0.811. The summed E-state index contributed by atoms with van der Waals surface area (Å²) < 4.78 is 11.3. The molecule has 1 aliphatic heterocycles. The molecule has 0 atom stereocenters. The predicted octanol–water partition coefficient (Wildman–Crippen LogP) is 5.28. The number of para-hydroxylation sites is 1. The fourth-order valence-electron chi connectivity index (χ4n) is 3.92. The van der Waals surface area contributed by atoms with Gasteiger partial charge in [0.1, 0.15) is 13.2 Å². The van der Waals surface area contributed by atoms with Gasteiger partial charge in [-0.15, -0.1) is 0 Å². The standard InChI is InChI=1S/C27H22ClN3O4/c1-31(2)27(33)19-9-8-17(14-21(19)28)29-26(32)20-15-23(30-22-6-4-3-5-18(20)22)16-7-10-24-25(13-16)35-12-11-34-24/h3-10,13-15H,11-12H2,1-2H3,(H,29,32). The van der Waals surface area contributed by atoms with Gasteiger partial charge in [0.15, 0.2) is 11.5 Å². The van der Waals surface area contributed by atoms with Crippen molar-refractivity contribution in [2.75, 3.05) is 32.6 Å². The van der Waals surface area contributed by atoms with Gasteiger partial charge in [-0.1, -0.05) is 29.8 Å². The number of pyridine rings is 1. The fourth-order valence-corrected chi connectivity index (χ4v) is 4.18. The third-order valence-electron chi connectivity index (χ3n) is 5.66. The Hall–Kier alpha value is -4.10. The zero-order valence-electron chi connectivity index (χ0n) is 19.2. The van der Waals surface area contributed by atoms with Gasteiger partial charge >= 0.3 is 0 Å². The van der Waals surface area contributed by atoms with E-state index >= 15 is 0 Å². The van der Waals surface area contributed by atoms with Crippen LogP contribution < -0.4 is 14.8 Å². The second kappa shape index (κ2) is 9.27. The largest absolute Gasteiger partial charge is 0.486 e. The molecule has 7 nitrogen and oxygen atoms in total. The molecule has 1 aromatic heterocycles. The first-order valence-electron chi connectivity index (χ1n) is 11.0. The van der Waals surface area contributed by atoms with Crippen molar-refractivity contribution < 1.29 is 19.1 Å². The van der Waals surface area contributed by atoms with Crippen molar-refractivity contribution in [3.8, 4) is 22.8 Å². The van der Waals surface area contributed by atoms with Crippen molar-refractivity contribution >= 4 is 40.0 Å². The highest BCUT2D eigenvalue weighted by atomic mass is 35.5. The molecular formula is C27H22ClN3O4. The van der Waals surface area contributed by atoms with Crippen LogP contribution in [0.2, 0.25) is 5.02 Å². The zero-order chi connectivity index (χ0) is 24.5. The van der Waals surface area contributed by atoms with Crippen molar-refractivity contribution in [3.63, 3.8) is 0 Å². The molecule has 1 N–H and O–H groups in total. The van der Waals surface area contributed by atoms with Crippen molar-refractivity contribution in [3.05, 3.63) is 82.9 Å². The van der Waals surface area contributed by atoms with Gasteiger partial charge < -0.3 is 19.7 Å². The Morgan fingerprint density at radius 2 is 1.69 bits per heavy atom. The van der Waals surface area contributed by atoms with Crippen LogP contribution in [0, 0.1) is 0 Å². The number of anilines is 1. The molecule has 8 heteroatoms. The van der Waals surface area contributed by atoms with Gasteiger partial charge in [0.05, 0.1) is 27.4 Å². The van der Waals surface area contributed by atoms with Crippen LogP contribution >= 0.6 is 11.6 Å². The maximum atomic E-state index is 13.4. The average molecular weight is 488 g/mol. The Morgan fingerprint density at radius 1 is 0.914 bits per heavy atom. The highest BCUT2D eigenvalue weighted by molar-refractivity contribution is 6.34. The number of benzene rings is 3. The first-order valence-corrected chi connectivity index (χ1v) is 11.4. The lowest BCUT2D eigenvalue weighted by Crippen LogP contribution is -2.22. The number of nitrogens with one attached hydrogen (secondary N) is 1. The Kier molecular flexibility index (Phi) is 6.01.